The van der Waals surface area contributed by atoms with Crippen molar-refractivity contribution in [3.63, 3.8) is 0 Å². The molecule has 0 fully saturated rings. The summed E-state index contributed by atoms with van der Waals surface area (Å²) in [5.74, 6) is -0.235. The summed E-state index contributed by atoms with van der Waals surface area (Å²) in [6.45, 7) is 0. The maximum Gasteiger partial charge on any atom is 0.227 e. The first-order chi connectivity index (χ1) is 12.5. The van der Waals surface area contributed by atoms with Crippen LogP contribution >= 0.6 is 0 Å². The quantitative estimate of drug-likeness (QED) is 0.674. The number of hydrogen-bond acceptors (Lipinski definition) is 6. The molecular weight excluding hydrogens is 341 g/mol. The molecule has 1 heterocycles. The Morgan fingerprint density at radius 1 is 1.08 bits per heavy atom. The lowest BCUT2D eigenvalue weighted by Gasteiger charge is -2.09. The van der Waals surface area contributed by atoms with Crippen molar-refractivity contribution in [3.8, 4) is 34.3 Å². The van der Waals surface area contributed by atoms with Gasteiger partial charge in [0.1, 0.15) is 5.82 Å². The normalized spacial score (nSPS) is 10.6. The average Bonchev–Trinajstić information content (AvgIpc) is 3.04. The van der Waals surface area contributed by atoms with Gasteiger partial charge in [-0.1, -0.05) is 0 Å². The number of carbonyl (C=O) groups excluding carboxylic acids is 1. The van der Waals surface area contributed by atoms with Gasteiger partial charge < -0.3 is 23.8 Å². The molecule has 0 saturated heterocycles. The van der Waals surface area contributed by atoms with E-state index in [-0.39, 0.29) is 17.3 Å². The van der Waals surface area contributed by atoms with Crippen LogP contribution < -0.4 is 14.6 Å². The van der Waals surface area contributed by atoms with Crippen LogP contribution in [-0.2, 0) is 11.2 Å². The first-order valence-electron chi connectivity index (χ1n) is 7.69. The molecule has 0 atom stereocenters. The van der Waals surface area contributed by atoms with E-state index < -0.39 is 18.2 Å². The van der Waals surface area contributed by atoms with Gasteiger partial charge in [-0.3, -0.25) is 0 Å². The SMILES string of the molecule is COc1ccc(-c2oc(-c3ccc(F)cc3)nc2CC(=O)[O-])cc1OC. The molecule has 0 N–H and O–H groups in total. The van der Waals surface area contributed by atoms with Gasteiger partial charge >= 0.3 is 0 Å². The first-order valence-corrected chi connectivity index (χ1v) is 7.69. The second-order valence-electron chi connectivity index (χ2n) is 5.42. The molecule has 6 nitrogen and oxygen atoms in total. The van der Waals surface area contributed by atoms with E-state index >= 15 is 0 Å². The third-order valence-electron chi connectivity index (χ3n) is 3.75. The van der Waals surface area contributed by atoms with Gasteiger partial charge in [-0.15, -0.1) is 0 Å². The predicted molar refractivity (Wildman–Crippen MR) is 89.1 cm³/mol. The molecule has 134 valence electrons. The molecule has 3 aromatic rings. The monoisotopic (exact) mass is 356 g/mol. The number of ether oxygens (including phenoxy) is 2. The molecule has 7 heteroatoms. The van der Waals surface area contributed by atoms with E-state index in [4.69, 9.17) is 13.9 Å². The number of carboxylic acid groups (broad SMARTS) is 1. The number of carboxylic acids is 1. The summed E-state index contributed by atoms with van der Waals surface area (Å²) in [7, 11) is 3.01. The zero-order chi connectivity index (χ0) is 18.7. The van der Waals surface area contributed by atoms with Crippen LogP contribution in [0.2, 0.25) is 0 Å². The lowest BCUT2D eigenvalue weighted by Crippen LogP contribution is -2.24. The van der Waals surface area contributed by atoms with E-state index in [2.05, 4.69) is 4.98 Å². The maximum absolute atomic E-state index is 13.1. The highest BCUT2D eigenvalue weighted by atomic mass is 19.1. The van der Waals surface area contributed by atoms with Gasteiger partial charge in [0.25, 0.3) is 0 Å². The third kappa shape index (κ3) is 3.51. The Hall–Kier alpha value is -3.35. The van der Waals surface area contributed by atoms with E-state index in [1.165, 1.54) is 38.5 Å². The van der Waals surface area contributed by atoms with Gasteiger partial charge in [-0.2, -0.15) is 0 Å². The zero-order valence-electron chi connectivity index (χ0n) is 14.1. The van der Waals surface area contributed by atoms with Gasteiger partial charge in [0.2, 0.25) is 5.89 Å². The lowest BCUT2D eigenvalue weighted by molar-refractivity contribution is -0.304. The number of halogens is 1. The fourth-order valence-corrected chi connectivity index (χ4v) is 2.53. The number of oxazole rings is 1. The average molecular weight is 356 g/mol. The van der Waals surface area contributed by atoms with E-state index in [0.29, 0.717) is 22.6 Å². The molecule has 0 aliphatic carbocycles. The van der Waals surface area contributed by atoms with Crippen LogP contribution in [0.3, 0.4) is 0 Å². The highest BCUT2D eigenvalue weighted by Crippen LogP contribution is 2.36. The summed E-state index contributed by atoms with van der Waals surface area (Å²) in [6.07, 6.45) is -0.422. The number of rotatable bonds is 6. The number of hydrogen-bond donors (Lipinski definition) is 0. The molecule has 0 spiro atoms. The Labute approximate surface area is 148 Å². The van der Waals surface area contributed by atoms with Gasteiger partial charge in [-0.25, -0.2) is 9.37 Å². The second-order valence-corrected chi connectivity index (χ2v) is 5.42. The molecule has 2 aromatic carbocycles. The van der Waals surface area contributed by atoms with Crippen LogP contribution in [0, 0.1) is 5.82 Å². The Kier molecular flexibility index (Phi) is 4.88. The van der Waals surface area contributed by atoms with Crippen LogP contribution in [0.1, 0.15) is 5.69 Å². The Morgan fingerprint density at radius 3 is 2.35 bits per heavy atom. The topological polar surface area (TPSA) is 84.6 Å². The smallest absolute Gasteiger partial charge is 0.227 e. The van der Waals surface area contributed by atoms with Crippen LogP contribution in [0.15, 0.2) is 46.9 Å². The van der Waals surface area contributed by atoms with Crippen molar-refractivity contribution < 1.29 is 28.2 Å². The molecule has 0 bridgehead atoms. The Morgan fingerprint density at radius 2 is 1.73 bits per heavy atom. The number of aliphatic carboxylic acids is 1. The summed E-state index contributed by atoms with van der Waals surface area (Å²) >= 11 is 0. The molecular formula is C19H15FNO5-. The minimum Gasteiger partial charge on any atom is -0.550 e. The minimum atomic E-state index is -1.29. The van der Waals surface area contributed by atoms with Crippen LogP contribution in [0.4, 0.5) is 4.39 Å². The largest absolute Gasteiger partial charge is 0.550 e. The molecule has 0 unspecified atom stereocenters. The molecule has 26 heavy (non-hydrogen) atoms. The minimum absolute atomic E-state index is 0.186. The van der Waals surface area contributed by atoms with E-state index in [9.17, 15) is 14.3 Å². The molecule has 3 rings (SSSR count). The van der Waals surface area contributed by atoms with Crippen molar-refractivity contribution in [1.82, 2.24) is 4.98 Å². The van der Waals surface area contributed by atoms with Gasteiger partial charge in [-0.05, 0) is 42.5 Å². The fraction of sp³-hybridized carbons (Fsp3) is 0.158. The molecule has 0 saturated carbocycles. The van der Waals surface area contributed by atoms with Crippen molar-refractivity contribution in [3.05, 3.63) is 54.0 Å². The van der Waals surface area contributed by atoms with Crippen molar-refractivity contribution in [1.29, 1.82) is 0 Å². The number of aromatic nitrogens is 1. The standard InChI is InChI=1S/C19H16FNO5/c1-24-15-8-5-12(9-16(15)25-2)18-14(10-17(22)23)21-19(26-18)11-3-6-13(20)7-4-11/h3-9H,10H2,1-2H3,(H,22,23)/p-1. The van der Waals surface area contributed by atoms with Gasteiger partial charge in [0.15, 0.2) is 17.3 Å². The predicted octanol–water partition coefficient (Wildman–Crippen LogP) is 2.46. The number of methoxy groups -OCH3 is 2. The highest BCUT2D eigenvalue weighted by molar-refractivity contribution is 5.74. The van der Waals surface area contributed by atoms with Crippen molar-refractivity contribution in [2.75, 3.05) is 14.2 Å². The second kappa shape index (κ2) is 7.26. The summed E-state index contributed by atoms with van der Waals surface area (Å²) in [6, 6.07) is 10.6. The van der Waals surface area contributed by atoms with Crippen molar-refractivity contribution in [2.24, 2.45) is 0 Å². The summed E-state index contributed by atoms with van der Waals surface area (Å²) in [4.78, 5) is 15.3. The number of benzene rings is 2. The molecule has 0 aliphatic heterocycles. The van der Waals surface area contributed by atoms with E-state index in [1.54, 1.807) is 18.2 Å². The summed E-state index contributed by atoms with van der Waals surface area (Å²) in [5.41, 5.74) is 1.30. The molecule has 0 radical (unpaired) electrons. The molecule has 1 aromatic heterocycles. The van der Waals surface area contributed by atoms with Crippen molar-refractivity contribution in [2.45, 2.75) is 6.42 Å². The Balaban J connectivity index is 2.10. The van der Waals surface area contributed by atoms with E-state index in [0.717, 1.165) is 0 Å². The highest BCUT2D eigenvalue weighted by Gasteiger charge is 2.18. The van der Waals surface area contributed by atoms with Crippen LogP contribution in [-0.4, -0.2) is 25.2 Å². The first kappa shape index (κ1) is 17.5. The lowest BCUT2D eigenvalue weighted by atomic mass is 10.1. The maximum atomic E-state index is 13.1. The number of carbonyl (C=O) groups is 1. The Bertz CT molecular complexity index is 934. The fourth-order valence-electron chi connectivity index (χ4n) is 2.53. The summed E-state index contributed by atoms with van der Waals surface area (Å²) < 4.78 is 29.4. The molecule has 0 amide bonds. The summed E-state index contributed by atoms with van der Waals surface area (Å²) in [5, 5.41) is 11.1. The zero-order valence-corrected chi connectivity index (χ0v) is 14.1. The van der Waals surface area contributed by atoms with Crippen molar-refractivity contribution >= 4 is 5.97 Å². The van der Waals surface area contributed by atoms with E-state index in [1.807, 2.05) is 0 Å². The van der Waals surface area contributed by atoms with Crippen LogP contribution in [0.25, 0.3) is 22.8 Å². The van der Waals surface area contributed by atoms with Crippen LogP contribution in [0.5, 0.6) is 11.5 Å². The number of nitrogens with zero attached hydrogens (tertiary/aromatic N) is 1. The molecule has 0 aliphatic rings. The van der Waals surface area contributed by atoms with Gasteiger partial charge in [0, 0.05) is 23.5 Å². The third-order valence-corrected chi connectivity index (χ3v) is 3.75. The van der Waals surface area contributed by atoms with Gasteiger partial charge in [0.05, 0.1) is 19.9 Å².